The Balaban J connectivity index is 4.15. The molecule has 0 aromatic rings. The van der Waals surface area contributed by atoms with Gasteiger partial charge in [0.2, 0.25) is 5.91 Å². The van der Waals surface area contributed by atoms with Gasteiger partial charge in [0.25, 0.3) is 0 Å². The summed E-state index contributed by atoms with van der Waals surface area (Å²) in [4.78, 5) is 24.1. The third-order valence-electron chi connectivity index (χ3n) is 1.79. The molecule has 0 spiro atoms. The van der Waals surface area contributed by atoms with Crippen LogP contribution in [0.2, 0.25) is 0 Å². The average Bonchev–Trinajstić information content (AvgIpc) is 2.15. The minimum Gasteiger partial charge on any atom is -0.460 e. The summed E-state index contributed by atoms with van der Waals surface area (Å²) in [5.41, 5.74) is 0. The zero-order valence-corrected chi connectivity index (χ0v) is 9.82. The van der Waals surface area contributed by atoms with Crippen molar-refractivity contribution in [1.29, 1.82) is 0 Å². The number of esters is 1. The van der Waals surface area contributed by atoms with E-state index < -0.39 is 5.97 Å². The molecule has 4 nitrogen and oxygen atoms in total. The van der Waals surface area contributed by atoms with Crippen LogP contribution in [0, 0.1) is 0 Å². The molecule has 86 valence electrons. The van der Waals surface area contributed by atoms with E-state index in [1.807, 2.05) is 13.8 Å². The van der Waals surface area contributed by atoms with Crippen LogP contribution >= 0.6 is 0 Å². The van der Waals surface area contributed by atoms with Gasteiger partial charge in [0.15, 0.2) is 0 Å². The Morgan fingerprint density at radius 3 is 2.13 bits per heavy atom. The molecule has 15 heavy (non-hydrogen) atoms. The number of likely N-dealkylation sites (N-methyl/N-ethyl adjacent to an activating group) is 1. The van der Waals surface area contributed by atoms with Crippen molar-refractivity contribution in [3.05, 3.63) is 12.2 Å². The van der Waals surface area contributed by atoms with Crippen LogP contribution in [0.3, 0.4) is 0 Å². The second-order valence-electron chi connectivity index (χ2n) is 3.33. The topological polar surface area (TPSA) is 46.6 Å². The molecule has 0 rings (SSSR count). The molecule has 0 saturated heterocycles. The molecular weight excluding hydrogens is 194 g/mol. The summed E-state index contributed by atoms with van der Waals surface area (Å²) in [6, 6.07) is 0. The quantitative estimate of drug-likeness (QED) is 0.511. The number of hydrogen-bond donors (Lipinski definition) is 0. The molecule has 0 atom stereocenters. The van der Waals surface area contributed by atoms with Gasteiger partial charge < -0.3 is 9.64 Å². The highest BCUT2D eigenvalue weighted by molar-refractivity contribution is 5.94. The SMILES string of the molecule is CCN(CC)C(=O)/C=C/C(=O)OC(C)C. The summed E-state index contributed by atoms with van der Waals surface area (Å²) in [6.45, 7) is 8.58. The standard InChI is InChI=1S/C11H19NO3/c1-5-12(6-2)10(13)7-8-11(14)15-9(3)4/h7-9H,5-6H2,1-4H3/b8-7+. The number of rotatable bonds is 5. The monoisotopic (exact) mass is 213 g/mol. The fraction of sp³-hybridized carbons (Fsp3) is 0.636. The van der Waals surface area contributed by atoms with Crippen molar-refractivity contribution in [1.82, 2.24) is 4.90 Å². The maximum Gasteiger partial charge on any atom is 0.331 e. The lowest BCUT2D eigenvalue weighted by molar-refractivity contribution is -0.141. The van der Waals surface area contributed by atoms with Gasteiger partial charge in [-0.3, -0.25) is 4.79 Å². The number of carbonyl (C=O) groups excluding carboxylic acids is 2. The smallest absolute Gasteiger partial charge is 0.331 e. The van der Waals surface area contributed by atoms with Gasteiger partial charge in [-0.1, -0.05) is 0 Å². The van der Waals surface area contributed by atoms with E-state index in [1.54, 1.807) is 18.7 Å². The van der Waals surface area contributed by atoms with Crippen molar-refractivity contribution in [2.75, 3.05) is 13.1 Å². The van der Waals surface area contributed by atoms with Crippen LogP contribution in [0.4, 0.5) is 0 Å². The molecule has 0 aliphatic rings. The predicted molar refractivity (Wildman–Crippen MR) is 58.3 cm³/mol. The number of ether oxygens (including phenoxy) is 1. The van der Waals surface area contributed by atoms with Crippen LogP contribution in [-0.2, 0) is 14.3 Å². The van der Waals surface area contributed by atoms with Gasteiger partial charge in [-0.25, -0.2) is 4.79 Å². The summed E-state index contributed by atoms with van der Waals surface area (Å²) >= 11 is 0. The van der Waals surface area contributed by atoms with E-state index in [-0.39, 0.29) is 12.0 Å². The molecule has 0 fully saturated rings. The van der Waals surface area contributed by atoms with Crippen LogP contribution in [-0.4, -0.2) is 36.0 Å². The molecule has 0 saturated carbocycles. The Morgan fingerprint density at radius 2 is 1.73 bits per heavy atom. The largest absolute Gasteiger partial charge is 0.460 e. The van der Waals surface area contributed by atoms with E-state index >= 15 is 0 Å². The van der Waals surface area contributed by atoms with Crippen molar-refractivity contribution in [2.24, 2.45) is 0 Å². The minimum absolute atomic E-state index is 0.161. The summed E-state index contributed by atoms with van der Waals surface area (Å²) < 4.78 is 4.85. The molecule has 0 aromatic heterocycles. The number of hydrogen-bond acceptors (Lipinski definition) is 3. The lowest BCUT2D eigenvalue weighted by Gasteiger charge is -2.15. The highest BCUT2D eigenvalue weighted by Gasteiger charge is 2.06. The van der Waals surface area contributed by atoms with Gasteiger partial charge in [0.05, 0.1) is 6.10 Å². The van der Waals surface area contributed by atoms with Crippen molar-refractivity contribution < 1.29 is 14.3 Å². The molecule has 0 aliphatic carbocycles. The zero-order chi connectivity index (χ0) is 11.8. The summed E-state index contributed by atoms with van der Waals surface area (Å²) in [6.07, 6.45) is 2.25. The van der Waals surface area contributed by atoms with Gasteiger partial charge in [-0.2, -0.15) is 0 Å². The molecule has 0 radical (unpaired) electrons. The maximum absolute atomic E-state index is 11.4. The fourth-order valence-corrected chi connectivity index (χ4v) is 1.05. The van der Waals surface area contributed by atoms with E-state index in [4.69, 9.17) is 4.74 Å². The highest BCUT2D eigenvalue weighted by Crippen LogP contribution is 1.93. The first-order valence-electron chi connectivity index (χ1n) is 5.18. The molecule has 0 heterocycles. The summed E-state index contributed by atoms with van der Waals surface area (Å²) in [5, 5.41) is 0. The van der Waals surface area contributed by atoms with Gasteiger partial charge >= 0.3 is 5.97 Å². The van der Waals surface area contributed by atoms with Crippen molar-refractivity contribution >= 4 is 11.9 Å². The Kier molecular flexibility index (Phi) is 6.42. The Bertz CT molecular complexity index is 242. The molecule has 0 bridgehead atoms. The molecular formula is C11H19NO3. The Hall–Kier alpha value is -1.32. The average molecular weight is 213 g/mol. The van der Waals surface area contributed by atoms with Gasteiger partial charge in [0, 0.05) is 25.2 Å². The van der Waals surface area contributed by atoms with Crippen LogP contribution < -0.4 is 0 Å². The van der Waals surface area contributed by atoms with Crippen LogP contribution in [0.15, 0.2) is 12.2 Å². The minimum atomic E-state index is -0.481. The Labute approximate surface area is 90.9 Å². The molecule has 0 N–H and O–H groups in total. The van der Waals surface area contributed by atoms with Gasteiger partial charge in [-0.05, 0) is 27.7 Å². The first-order valence-corrected chi connectivity index (χ1v) is 5.18. The Morgan fingerprint density at radius 1 is 1.20 bits per heavy atom. The van der Waals surface area contributed by atoms with Crippen molar-refractivity contribution in [3.63, 3.8) is 0 Å². The number of carbonyl (C=O) groups is 2. The number of nitrogens with zero attached hydrogens (tertiary/aromatic N) is 1. The summed E-state index contributed by atoms with van der Waals surface area (Å²) in [5.74, 6) is -0.647. The molecule has 0 aromatic carbocycles. The van der Waals surface area contributed by atoms with E-state index in [1.165, 1.54) is 12.2 Å². The van der Waals surface area contributed by atoms with Crippen molar-refractivity contribution in [3.8, 4) is 0 Å². The second kappa shape index (κ2) is 7.04. The van der Waals surface area contributed by atoms with Crippen LogP contribution in [0.25, 0.3) is 0 Å². The molecule has 0 aliphatic heterocycles. The third kappa shape index (κ3) is 5.88. The zero-order valence-electron chi connectivity index (χ0n) is 9.82. The molecule has 4 heteroatoms. The molecule has 0 unspecified atom stereocenters. The number of amides is 1. The normalized spacial score (nSPS) is 10.7. The van der Waals surface area contributed by atoms with Crippen molar-refractivity contribution in [2.45, 2.75) is 33.8 Å². The summed E-state index contributed by atoms with van der Waals surface area (Å²) in [7, 11) is 0. The van der Waals surface area contributed by atoms with E-state index in [0.29, 0.717) is 13.1 Å². The predicted octanol–water partition coefficient (Wildman–Crippen LogP) is 1.36. The lowest BCUT2D eigenvalue weighted by atomic mass is 10.4. The maximum atomic E-state index is 11.4. The fourth-order valence-electron chi connectivity index (χ4n) is 1.05. The van der Waals surface area contributed by atoms with E-state index in [2.05, 4.69) is 0 Å². The van der Waals surface area contributed by atoms with E-state index in [0.717, 1.165) is 0 Å². The van der Waals surface area contributed by atoms with Gasteiger partial charge in [-0.15, -0.1) is 0 Å². The van der Waals surface area contributed by atoms with E-state index in [9.17, 15) is 9.59 Å². The first-order chi connectivity index (χ1) is 7.01. The third-order valence-corrected chi connectivity index (χ3v) is 1.79. The first kappa shape index (κ1) is 13.7. The van der Waals surface area contributed by atoms with Crippen LogP contribution in [0.5, 0.6) is 0 Å². The lowest BCUT2D eigenvalue weighted by Crippen LogP contribution is -2.28. The van der Waals surface area contributed by atoms with Gasteiger partial charge in [0.1, 0.15) is 0 Å². The highest BCUT2D eigenvalue weighted by atomic mass is 16.5. The molecule has 1 amide bonds. The second-order valence-corrected chi connectivity index (χ2v) is 3.33. The van der Waals surface area contributed by atoms with Crippen LogP contribution in [0.1, 0.15) is 27.7 Å².